The molecule has 0 radical (unpaired) electrons. The Morgan fingerprint density at radius 2 is 1.56 bits per heavy atom. The van der Waals surface area contributed by atoms with Crippen molar-refractivity contribution in [1.29, 1.82) is 0 Å². The first-order valence-electron chi connectivity index (χ1n) is 8.22. The monoisotopic (exact) mass is 333 g/mol. The van der Waals surface area contributed by atoms with Gasteiger partial charge < -0.3 is 14.6 Å². The van der Waals surface area contributed by atoms with E-state index in [1.807, 2.05) is 62.6 Å². The number of hydrogen-bond donors (Lipinski definition) is 1. The van der Waals surface area contributed by atoms with Gasteiger partial charge in [-0.15, -0.1) is 0 Å². The first-order valence-corrected chi connectivity index (χ1v) is 8.22. The molecule has 6 nitrogen and oxygen atoms in total. The maximum absolute atomic E-state index is 5.91. The Balaban J connectivity index is 1.81. The zero-order valence-corrected chi connectivity index (χ0v) is 14.2. The number of likely N-dealkylation sites (N-methyl/N-ethyl adjacent to an activating group) is 1. The van der Waals surface area contributed by atoms with Crippen molar-refractivity contribution in [3.8, 4) is 11.6 Å². The molecule has 2 aromatic carbocycles. The Hall–Kier alpha value is -2.99. The summed E-state index contributed by atoms with van der Waals surface area (Å²) in [6, 6.07) is 15.5. The van der Waals surface area contributed by atoms with Gasteiger partial charge in [-0.05, 0) is 38.4 Å². The van der Waals surface area contributed by atoms with Crippen LogP contribution in [0.1, 0.15) is 0 Å². The summed E-state index contributed by atoms with van der Waals surface area (Å²) in [5.74, 6) is 1.17. The highest BCUT2D eigenvalue weighted by Gasteiger charge is 2.16. The van der Waals surface area contributed by atoms with Crippen molar-refractivity contribution < 1.29 is 4.42 Å². The highest BCUT2D eigenvalue weighted by Crippen LogP contribution is 2.29. The lowest BCUT2D eigenvalue weighted by Crippen LogP contribution is -2.21. The van der Waals surface area contributed by atoms with Gasteiger partial charge in [-0.1, -0.05) is 24.3 Å². The summed E-state index contributed by atoms with van der Waals surface area (Å²) in [5.41, 5.74) is 3.85. The van der Waals surface area contributed by atoms with Gasteiger partial charge in [0, 0.05) is 13.1 Å². The second-order valence-corrected chi connectivity index (χ2v) is 6.13. The first-order chi connectivity index (χ1) is 12.2. The first kappa shape index (κ1) is 15.5. The Labute approximate surface area is 145 Å². The number of nitrogens with one attached hydrogen (secondary N) is 1. The van der Waals surface area contributed by atoms with Gasteiger partial charge in [-0.25, -0.2) is 15.0 Å². The van der Waals surface area contributed by atoms with Crippen LogP contribution in [0.2, 0.25) is 0 Å². The molecule has 126 valence electrons. The molecule has 4 aromatic rings. The maximum Gasteiger partial charge on any atom is 0.250 e. The molecule has 2 aromatic heterocycles. The number of oxazole rings is 1. The highest BCUT2D eigenvalue weighted by molar-refractivity contribution is 5.83. The molecule has 4 rings (SSSR count). The van der Waals surface area contributed by atoms with Crippen molar-refractivity contribution in [1.82, 2.24) is 19.9 Å². The third-order valence-corrected chi connectivity index (χ3v) is 3.92. The van der Waals surface area contributed by atoms with E-state index < -0.39 is 0 Å². The molecule has 25 heavy (non-hydrogen) atoms. The maximum atomic E-state index is 5.91. The van der Waals surface area contributed by atoms with E-state index in [2.05, 4.69) is 15.2 Å². The van der Waals surface area contributed by atoms with Gasteiger partial charge in [0.25, 0.3) is 0 Å². The molecule has 0 saturated heterocycles. The van der Waals surface area contributed by atoms with Crippen LogP contribution >= 0.6 is 0 Å². The van der Waals surface area contributed by atoms with Crippen LogP contribution in [0, 0.1) is 0 Å². The molecule has 0 aliphatic heterocycles. The molecule has 0 fully saturated rings. The minimum atomic E-state index is 0.479. The van der Waals surface area contributed by atoms with E-state index in [1.54, 1.807) is 0 Å². The van der Waals surface area contributed by atoms with Crippen LogP contribution in [0.3, 0.4) is 0 Å². The zero-order chi connectivity index (χ0) is 17.2. The van der Waals surface area contributed by atoms with Crippen molar-refractivity contribution >= 4 is 28.0 Å². The Bertz CT molecular complexity index is 992. The Morgan fingerprint density at radius 3 is 2.28 bits per heavy atom. The van der Waals surface area contributed by atoms with Gasteiger partial charge >= 0.3 is 0 Å². The Morgan fingerprint density at radius 1 is 0.880 bits per heavy atom. The quantitative estimate of drug-likeness (QED) is 0.604. The van der Waals surface area contributed by atoms with Crippen LogP contribution in [-0.2, 0) is 0 Å². The lowest BCUT2D eigenvalue weighted by atomic mass is 10.2. The van der Waals surface area contributed by atoms with Gasteiger partial charge in [0.05, 0.1) is 11.0 Å². The van der Waals surface area contributed by atoms with E-state index in [0.29, 0.717) is 17.4 Å². The molecular formula is C19H19N5O. The predicted octanol–water partition coefficient (Wildman–Crippen LogP) is 3.41. The number of para-hydroxylation sites is 4. The van der Waals surface area contributed by atoms with Crippen LogP contribution in [-0.4, -0.2) is 47.0 Å². The highest BCUT2D eigenvalue weighted by atomic mass is 16.3. The van der Waals surface area contributed by atoms with Gasteiger partial charge in [-0.3, -0.25) is 0 Å². The van der Waals surface area contributed by atoms with Crippen LogP contribution in [0.25, 0.3) is 33.7 Å². The number of anilines is 1. The summed E-state index contributed by atoms with van der Waals surface area (Å²) in [6.45, 7) is 1.65. The predicted molar refractivity (Wildman–Crippen MR) is 99.6 cm³/mol. The number of hydrogen-bond acceptors (Lipinski definition) is 6. The second kappa shape index (κ2) is 6.49. The molecule has 0 aliphatic carbocycles. The average Bonchev–Trinajstić information content (AvgIpc) is 3.04. The minimum Gasteiger partial charge on any atom is -0.435 e. The number of fused-ring (bicyclic) bond motifs is 2. The fourth-order valence-corrected chi connectivity index (χ4v) is 2.64. The normalized spacial score (nSPS) is 11.5. The topological polar surface area (TPSA) is 67.1 Å². The molecule has 0 saturated carbocycles. The fraction of sp³-hybridized carbons (Fsp3) is 0.211. The van der Waals surface area contributed by atoms with E-state index in [1.165, 1.54) is 0 Å². The minimum absolute atomic E-state index is 0.479. The third-order valence-electron chi connectivity index (χ3n) is 3.92. The van der Waals surface area contributed by atoms with Crippen molar-refractivity contribution in [2.24, 2.45) is 0 Å². The molecule has 6 heteroatoms. The molecule has 0 unspecified atom stereocenters. The second-order valence-electron chi connectivity index (χ2n) is 6.13. The van der Waals surface area contributed by atoms with Gasteiger partial charge in [0.1, 0.15) is 5.52 Å². The van der Waals surface area contributed by atoms with E-state index in [0.717, 1.165) is 35.2 Å². The van der Waals surface area contributed by atoms with Gasteiger partial charge in [0.2, 0.25) is 5.89 Å². The average molecular weight is 333 g/mol. The van der Waals surface area contributed by atoms with Crippen LogP contribution in [0.5, 0.6) is 0 Å². The van der Waals surface area contributed by atoms with E-state index in [4.69, 9.17) is 14.4 Å². The molecule has 0 atom stereocenters. The lowest BCUT2D eigenvalue weighted by molar-refractivity contribution is 0.425. The number of aromatic nitrogens is 3. The number of rotatable bonds is 5. The molecule has 0 aliphatic rings. The smallest absolute Gasteiger partial charge is 0.250 e. The molecular weight excluding hydrogens is 314 g/mol. The zero-order valence-electron chi connectivity index (χ0n) is 14.2. The van der Waals surface area contributed by atoms with Crippen molar-refractivity contribution in [3.05, 3.63) is 48.5 Å². The van der Waals surface area contributed by atoms with Gasteiger partial charge in [-0.2, -0.15) is 0 Å². The van der Waals surface area contributed by atoms with Gasteiger partial charge in [0.15, 0.2) is 17.1 Å². The van der Waals surface area contributed by atoms with Crippen LogP contribution in [0.4, 0.5) is 5.82 Å². The van der Waals surface area contributed by atoms with Crippen molar-refractivity contribution in [2.45, 2.75) is 0 Å². The summed E-state index contributed by atoms with van der Waals surface area (Å²) in [4.78, 5) is 16.2. The summed E-state index contributed by atoms with van der Waals surface area (Å²) in [7, 11) is 4.07. The van der Waals surface area contributed by atoms with Crippen molar-refractivity contribution in [3.63, 3.8) is 0 Å². The number of benzene rings is 2. The summed E-state index contributed by atoms with van der Waals surface area (Å²) in [5, 5.41) is 3.36. The SMILES string of the molecule is CN(C)CCNc1nc2ccccc2nc1-c1nc2ccccc2o1. The lowest BCUT2D eigenvalue weighted by Gasteiger charge is -2.13. The largest absolute Gasteiger partial charge is 0.435 e. The molecule has 0 amide bonds. The summed E-state index contributed by atoms with van der Waals surface area (Å²) < 4.78 is 5.91. The molecule has 0 spiro atoms. The van der Waals surface area contributed by atoms with E-state index >= 15 is 0 Å². The van der Waals surface area contributed by atoms with Crippen LogP contribution in [0.15, 0.2) is 52.9 Å². The van der Waals surface area contributed by atoms with Crippen molar-refractivity contribution in [2.75, 3.05) is 32.5 Å². The summed E-state index contributed by atoms with van der Waals surface area (Å²) >= 11 is 0. The standard InChI is InChI=1S/C19H19N5O/c1-24(2)12-11-20-18-17(21-13-7-3-4-8-14(13)22-18)19-23-15-9-5-6-10-16(15)25-19/h3-10H,11-12H2,1-2H3,(H,20,22). The fourth-order valence-electron chi connectivity index (χ4n) is 2.64. The number of nitrogens with zero attached hydrogens (tertiary/aromatic N) is 4. The summed E-state index contributed by atoms with van der Waals surface area (Å²) in [6.07, 6.45) is 0. The Kier molecular flexibility index (Phi) is 4.03. The van der Waals surface area contributed by atoms with E-state index in [9.17, 15) is 0 Å². The molecule has 1 N–H and O–H groups in total. The van der Waals surface area contributed by atoms with E-state index in [-0.39, 0.29) is 0 Å². The van der Waals surface area contributed by atoms with Crippen LogP contribution < -0.4 is 5.32 Å². The molecule has 2 heterocycles. The third kappa shape index (κ3) is 3.16. The molecule has 0 bridgehead atoms.